The third-order valence-electron chi connectivity index (χ3n) is 2.39. The number of hydrogen-bond acceptors (Lipinski definition) is 3. The van der Waals surface area contributed by atoms with Gasteiger partial charge in [0.1, 0.15) is 6.33 Å². The van der Waals surface area contributed by atoms with Gasteiger partial charge in [-0.25, -0.2) is 9.97 Å². The summed E-state index contributed by atoms with van der Waals surface area (Å²) in [7, 11) is 0. The van der Waals surface area contributed by atoms with Crippen molar-refractivity contribution >= 4 is 29.1 Å². The maximum atomic E-state index is 11.8. The van der Waals surface area contributed by atoms with Crippen LogP contribution in [0.15, 0.2) is 18.7 Å². The first-order valence-electron chi connectivity index (χ1n) is 4.87. The fraction of sp³-hybridized carbons (Fsp3) is 0.500. The van der Waals surface area contributed by atoms with Gasteiger partial charge in [-0.2, -0.15) is 0 Å². The zero-order valence-electron chi connectivity index (χ0n) is 8.91. The average Bonchev–Trinajstić information content (AvgIpc) is 2.37. The van der Waals surface area contributed by atoms with Crippen molar-refractivity contribution in [3.63, 3.8) is 0 Å². The Labute approximate surface area is 104 Å². The summed E-state index contributed by atoms with van der Waals surface area (Å²) in [5.74, 6) is 0.280. The van der Waals surface area contributed by atoms with Gasteiger partial charge in [0.2, 0.25) is 0 Å². The minimum atomic E-state index is -0.573. The van der Waals surface area contributed by atoms with Crippen molar-refractivity contribution in [2.24, 2.45) is 0 Å². The van der Waals surface area contributed by atoms with Crippen molar-refractivity contribution in [3.05, 3.63) is 24.3 Å². The Kier molecular flexibility index (Phi) is 4.96. The summed E-state index contributed by atoms with van der Waals surface area (Å²) in [5.41, 5.74) is -0.175. The maximum absolute atomic E-state index is 11.8. The van der Waals surface area contributed by atoms with E-state index in [4.69, 9.17) is 23.2 Å². The molecule has 0 saturated carbocycles. The van der Waals surface area contributed by atoms with E-state index in [1.54, 1.807) is 0 Å². The number of carbonyl (C=O) groups excluding carboxylic acids is 1. The van der Waals surface area contributed by atoms with E-state index in [1.165, 1.54) is 18.7 Å². The summed E-state index contributed by atoms with van der Waals surface area (Å²) < 4.78 is 0. The molecule has 0 aliphatic carbocycles. The Bertz CT molecular complexity index is 333. The van der Waals surface area contributed by atoms with Gasteiger partial charge in [0, 0.05) is 24.2 Å². The van der Waals surface area contributed by atoms with Crippen LogP contribution < -0.4 is 5.32 Å². The highest BCUT2D eigenvalue weighted by Crippen LogP contribution is 2.15. The number of hydrogen-bond donors (Lipinski definition) is 1. The summed E-state index contributed by atoms with van der Waals surface area (Å²) >= 11 is 11.7. The molecule has 1 heterocycles. The first-order valence-corrected chi connectivity index (χ1v) is 5.94. The van der Waals surface area contributed by atoms with Crippen LogP contribution in [0.25, 0.3) is 0 Å². The lowest BCUT2D eigenvalue weighted by Crippen LogP contribution is -2.51. The molecule has 0 atom stereocenters. The zero-order valence-corrected chi connectivity index (χ0v) is 10.4. The second kappa shape index (κ2) is 6.01. The molecule has 6 heteroatoms. The van der Waals surface area contributed by atoms with Crippen molar-refractivity contribution in [1.82, 2.24) is 15.3 Å². The van der Waals surface area contributed by atoms with Crippen LogP contribution in [-0.2, 0) is 0 Å². The lowest BCUT2D eigenvalue weighted by molar-refractivity contribution is 0.0912. The summed E-state index contributed by atoms with van der Waals surface area (Å²) in [4.78, 5) is 19.4. The normalized spacial score (nSPS) is 11.2. The molecule has 4 nitrogen and oxygen atoms in total. The Morgan fingerprint density at radius 2 is 1.94 bits per heavy atom. The lowest BCUT2D eigenvalue weighted by Gasteiger charge is -2.29. The molecule has 0 spiro atoms. The van der Waals surface area contributed by atoms with Crippen molar-refractivity contribution in [2.75, 3.05) is 11.8 Å². The Balaban J connectivity index is 2.77. The van der Waals surface area contributed by atoms with Crippen molar-refractivity contribution in [1.29, 1.82) is 0 Å². The van der Waals surface area contributed by atoms with E-state index in [2.05, 4.69) is 15.3 Å². The predicted octanol–water partition coefficient (Wildman–Crippen LogP) is 1.83. The van der Waals surface area contributed by atoms with E-state index in [-0.39, 0.29) is 17.7 Å². The van der Waals surface area contributed by atoms with Gasteiger partial charge in [0.05, 0.1) is 11.1 Å². The number of amides is 1. The molecule has 0 radical (unpaired) electrons. The molecule has 0 aromatic carbocycles. The van der Waals surface area contributed by atoms with E-state index >= 15 is 0 Å². The first-order chi connectivity index (χ1) is 7.67. The molecular weight excluding hydrogens is 249 g/mol. The fourth-order valence-corrected chi connectivity index (χ4v) is 1.91. The van der Waals surface area contributed by atoms with Crippen LogP contribution in [0.4, 0.5) is 0 Å². The van der Waals surface area contributed by atoms with Gasteiger partial charge in [-0.15, -0.1) is 23.2 Å². The van der Waals surface area contributed by atoms with Crippen LogP contribution >= 0.6 is 23.2 Å². The van der Waals surface area contributed by atoms with Crippen molar-refractivity contribution in [2.45, 2.75) is 18.9 Å². The van der Waals surface area contributed by atoms with Crippen LogP contribution in [0.5, 0.6) is 0 Å². The largest absolute Gasteiger partial charge is 0.344 e. The number of nitrogens with one attached hydrogen (secondary N) is 1. The van der Waals surface area contributed by atoms with E-state index in [9.17, 15) is 4.79 Å². The Morgan fingerprint density at radius 3 is 2.38 bits per heavy atom. The van der Waals surface area contributed by atoms with Crippen LogP contribution in [0.3, 0.4) is 0 Å². The minimum Gasteiger partial charge on any atom is -0.344 e. The molecule has 1 aromatic rings. The maximum Gasteiger partial charge on any atom is 0.254 e. The topological polar surface area (TPSA) is 54.9 Å². The summed E-state index contributed by atoms with van der Waals surface area (Å²) in [6.07, 6.45) is 4.93. The third-order valence-corrected chi connectivity index (χ3v) is 3.41. The highest BCUT2D eigenvalue weighted by atomic mass is 35.5. The number of nitrogens with zero attached hydrogens (tertiary/aromatic N) is 2. The van der Waals surface area contributed by atoms with Gasteiger partial charge >= 0.3 is 0 Å². The molecule has 0 aliphatic rings. The number of rotatable bonds is 5. The molecule has 88 valence electrons. The summed E-state index contributed by atoms with van der Waals surface area (Å²) in [5, 5.41) is 2.81. The second-order valence-electron chi connectivity index (χ2n) is 3.48. The molecule has 1 N–H and O–H groups in total. The van der Waals surface area contributed by atoms with E-state index in [0.29, 0.717) is 12.0 Å². The van der Waals surface area contributed by atoms with Gasteiger partial charge < -0.3 is 5.32 Å². The molecule has 0 saturated heterocycles. The Hall–Kier alpha value is -0.870. The lowest BCUT2D eigenvalue weighted by atomic mass is 10.0. The molecule has 0 aliphatic heterocycles. The minimum absolute atomic E-state index is 0.260. The molecule has 16 heavy (non-hydrogen) atoms. The zero-order chi connectivity index (χ0) is 12.0. The van der Waals surface area contributed by atoms with Gasteiger partial charge in [-0.3, -0.25) is 4.79 Å². The first kappa shape index (κ1) is 13.2. The molecule has 0 unspecified atom stereocenters. The van der Waals surface area contributed by atoms with Crippen molar-refractivity contribution in [3.8, 4) is 0 Å². The molecule has 1 rings (SSSR count). The van der Waals surface area contributed by atoms with E-state index in [0.717, 1.165) is 0 Å². The van der Waals surface area contributed by atoms with Gasteiger partial charge in [0.15, 0.2) is 0 Å². The quantitative estimate of drug-likeness (QED) is 0.823. The predicted molar refractivity (Wildman–Crippen MR) is 64.0 cm³/mol. The highest BCUT2D eigenvalue weighted by Gasteiger charge is 2.28. The number of aromatic nitrogens is 2. The van der Waals surface area contributed by atoms with Crippen LogP contribution in [0.1, 0.15) is 23.7 Å². The van der Waals surface area contributed by atoms with Gasteiger partial charge in [-0.05, 0) is 6.42 Å². The number of carbonyl (C=O) groups is 1. The van der Waals surface area contributed by atoms with Crippen LogP contribution in [0.2, 0.25) is 0 Å². The molecular formula is C10H13Cl2N3O. The van der Waals surface area contributed by atoms with E-state index in [1.807, 2.05) is 6.92 Å². The highest BCUT2D eigenvalue weighted by molar-refractivity contribution is 6.22. The van der Waals surface area contributed by atoms with Crippen molar-refractivity contribution < 1.29 is 4.79 Å². The van der Waals surface area contributed by atoms with Gasteiger partial charge in [-0.1, -0.05) is 6.92 Å². The standard InChI is InChI=1S/C10H13Cl2N3O/c1-2-10(5-11,6-12)15-9(16)8-3-13-7-14-4-8/h3-4,7H,2,5-6H2,1H3,(H,15,16). The Morgan fingerprint density at radius 1 is 1.38 bits per heavy atom. The molecule has 1 aromatic heterocycles. The average molecular weight is 262 g/mol. The third kappa shape index (κ3) is 3.06. The van der Waals surface area contributed by atoms with Gasteiger partial charge in [0.25, 0.3) is 5.91 Å². The summed E-state index contributed by atoms with van der Waals surface area (Å²) in [6, 6.07) is 0. The molecule has 0 fully saturated rings. The molecule has 1 amide bonds. The smallest absolute Gasteiger partial charge is 0.254 e. The SMILES string of the molecule is CCC(CCl)(CCl)NC(=O)c1cncnc1. The van der Waals surface area contributed by atoms with Crippen LogP contribution in [-0.4, -0.2) is 33.2 Å². The second-order valence-corrected chi connectivity index (χ2v) is 4.02. The fourth-order valence-electron chi connectivity index (χ4n) is 1.11. The summed E-state index contributed by atoms with van der Waals surface area (Å²) in [6.45, 7) is 1.92. The van der Waals surface area contributed by atoms with E-state index < -0.39 is 5.54 Å². The van der Waals surface area contributed by atoms with Crippen LogP contribution in [0, 0.1) is 0 Å². The monoisotopic (exact) mass is 261 g/mol. The molecule has 0 bridgehead atoms. The number of halogens is 2. The number of alkyl halides is 2.